The van der Waals surface area contributed by atoms with Crippen LogP contribution in [0.4, 0.5) is 0 Å². The number of hydrogen-bond acceptors (Lipinski definition) is 6. The normalized spacial score (nSPS) is 11.6. The molecule has 0 saturated heterocycles. The van der Waals surface area contributed by atoms with E-state index in [0.717, 1.165) is 51.4 Å². The zero-order valence-electron chi connectivity index (χ0n) is 27.7. The lowest BCUT2D eigenvalue weighted by atomic mass is 10.1. The molecule has 0 amide bonds. The Morgan fingerprint density at radius 3 is 0.976 bits per heavy atom. The van der Waals surface area contributed by atoms with Gasteiger partial charge in [-0.3, -0.25) is 9.59 Å². The molecule has 0 aromatic rings. The lowest BCUT2D eigenvalue weighted by Gasteiger charge is -2.07. The van der Waals surface area contributed by atoms with E-state index in [1.165, 1.54) is 116 Å². The molecule has 0 radical (unpaired) electrons. The van der Waals surface area contributed by atoms with Crippen molar-refractivity contribution in [3.63, 3.8) is 0 Å². The quantitative estimate of drug-likeness (QED) is 0.0448. The van der Waals surface area contributed by atoms with Crippen molar-refractivity contribution < 1.29 is 19.3 Å². The Kier molecular flexibility index (Phi) is 34.1. The summed E-state index contributed by atoms with van der Waals surface area (Å²) >= 11 is 0. The number of hydrogen-bond donors (Lipinski definition) is 2. The van der Waals surface area contributed by atoms with Gasteiger partial charge in [0.25, 0.3) is 0 Å². The molecule has 2 N–H and O–H groups in total. The third-order valence-corrected chi connectivity index (χ3v) is 7.66. The smallest absolute Gasteiger partial charge is 0.326 e. The van der Waals surface area contributed by atoms with Gasteiger partial charge in [-0.15, -0.1) is 0 Å². The number of carbonyl (C=O) groups excluding carboxylic acids is 2. The molecule has 0 bridgehead atoms. The Balaban J connectivity index is 3.34. The number of unbranched alkanes of at least 4 members (excludes halogenated alkanes) is 22. The van der Waals surface area contributed by atoms with Crippen molar-refractivity contribution in [3.05, 3.63) is 24.3 Å². The molecule has 0 rings (SSSR count). The van der Waals surface area contributed by atoms with E-state index in [1.807, 2.05) is 0 Å². The Hall–Kier alpha value is -1.66. The largest absolute Gasteiger partial charge is 0.353 e. The molecule has 42 heavy (non-hydrogen) atoms. The van der Waals surface area contributed by atoms with Crippen molar-refractivity contribution in [1.82, 2.24) is 11.2 Å². The van der Waals surface area contributed by atoms with Crippen LogP contribution in [0.1, 0.15) is 194 Å². The zero-order chi connectivity index (χ0) is 30.6. The molecule has 0 aliphatic carbocycles. The fourth-order valence-corrected chi connectivity index (χ4v) is 4.94. The van der Waals surface area contributed by atoms with Gasteiger partial charge in [0.2, 0.25) is 0 Å². The van der Waals surface area contributed by atoms with Gasteiger partial charge in [-0.25, -0.2) is 0 Å². The molecule has 0 aliphatic rings. The van der Waals surface area contributed by atoms with Crippen molar-refractivity contribution in [2.45, 2.75) is 194 Å². The molecule has 0 saturated carbocycles. The summed E-state index contributed by atoms with van der Waals surface area (Å²) in [4.78, 5) is 33.2. The second-order valence-electron chi connectivity index (χ2n) is 11.8. The summed E-state index contributed by atoms with van der Waals surface area (Å²) in [5, 5.41) is 0. The average Bonchev–Trinajstić information content (AvgIpc) is 2.99. The van der Waals surface area contributed by atoms with Crippen LogP contribution in [0.25, 0.3) is 0 Å². The van der Waals surface area contributed by atoms with Crippen LogP contribution in [0.15, 0.2) is 24.3 Å². The first-order valence-electron chi connectivity index (χ1n) is 17.9. The van der Waals surface area contributed by atoms with Crippen LogP contribution >= 0.6 is 0 Å². The minimum Gasteiger partial charge on any atom is -0.353 e. The highest BCUT2D eigenvalue weighted by molar-refractivity contribution is 5.69. The number of carbonyl (C=O) groups is 2. The van der Waals surface area contributed by atoms with Gasteiger partial charge in [0.05, 0.1) is 0 Å². The van der Waals surface area contributed by atoms with Gasteiger partial charge in [0.1, 0.15) is 0 Å². The summed E-state index contributed by atoms with van der Waals surface area (Å²) < 4.78 is 0. The van der Waals surface area contributed by atoms with E-state index in [9.17, 15) is 9.59 Å². The maximum atomic E-state index is 11.8. The summed E-state index contributed by atoms with van der Waals surface area (Å²) in [7, 11) is 0. The number of nitrogens with one attached hydrogen (secondary N) is 2. The molecule has 0 aromatic heterocycles. The van der Waals surface area contributed by atoms with Gasteiger partial charge < -0.3 is 9.68 Å². The molecule has 6 nitrogen and oxygen atoms in total. The standard InChI is InChI=1S/C36H68N2O4/c1-3-5-7-9-11-13-15-17-19-21-23-25-27-29-31-33-35(39)41-37-38-42-36(40)34-32-30-28-26-24-22-20-18-16-14-12-10-8-6-4-2/h17-20,37-38H,3-16,21-34H2,1-2H3/b19-17-,20-18-. The third-order valence-electron chi connectivity index (χ3n) is 7.66. The van der Waals surface area contributed by atoms with E-state index in [-0.39, 0.29) is 11.9 Å². The van der Waals surface area contributed by atoms with E-state index in [4.69, 9.17) is 9.68 Å². The Morgan fingerprint density at radius 2 is 0.667 bits per heavy atom. The van der Waals surface area contributed by atoms with Crippen LogP contribution in [0, 0.1) is 0 Å². The monoisotopic (exact) mass is 593 g/mol. The predicted octanol–water partition coefficient (Wildman–Crippen LogP) is 11.1. The van der Waals surface area contributed by atoms with Gasteiger partial charge in [-0.05, 0) is 64.2 Å². The minimum absolute atomic E-state index is 0.353. The SMILES string of the molecule is CCCCCCCC/C=C\CCCCCCCC(=O)ONNOC(=O)CCCCCCC/C=C\CCCCCCCC. The van der Waals surface area contributed by atoms with Gasteiger partial charge in [0, 0.05) is 12.8 Å². The van der Waals surface area contributed by atoms with E-state index >= 15 is 0 Å². The molecule has 0 aromatic carbocycles. The number of rotatable bonds is 33. The van der Waals surface area contributed by atoms with Crippen LogP contribution in [0.5, 0.6) is 0 Å². The van der Waals surface area contributed by atoms with Gasteiger partial charge >= 0.3 is 11.9 Å². The summed E-state index contributed by atoms with van der Waals surface area (Å²) in [5.74, 6) is -0.707. The van der Waals surface area contributed by atoms with Crippen molar-refractivity contribution in [1.29, 1.82) is 0 Å². The van der Waals surface area contributed by atoms with Crippen LogP contribution < -0.4 is 11.2 Å². The fourth-order valence-electron chi connectivity index (χ4n) is 4.94. The van der Waals surface area contributed by atoms with Crippen molar-refractivity contribution in [2.75, 3.05) is 0 Å². The van der Waals surface area contributed by atoms with E-state index in [1.54, 1.807) is 0 Å². The van der Waals surface area contributed by atoms with Crippen molar-refractivity contribution in [2.24, 2.45) is 0 Å². The molecule has 0 spiro atoms. The highest BCUT2D eigenvalue weighted by Crippen LogP contribution is 2.11. The molecule has 0 fully saturated rings. The molecule has 0 atom stereocenters. The molecular weight excluding hydrogens is 524 g/mol. The number of allylic oxidation sites excluding steroid dienone is 4. The maximum Gasteiger partial charge on any atom is 0.326 e. The van der Waals surface area contributed by atoms with Crippen molar-refractivity contribution in [3.8, 4) is 0 Å². The fraction of sp³-hybridized carbons (Fsp3) is 0.833. The van der Waals surface area contributed by atoms with E-state index in [0.29, 0.717) is 12.8 Å². The second-order valence-corrected chi connectivity index (χ2v) is 11.8. The lowest BCUT2D eigenvalue weighted by Crippen LogP contribution is -2.36. The van der Waals surface area contributed by atoms with Crippen LogP contribution in [-0.2, 0) is 19.3 Å². The molecule has 246 valence electrons. The first-order valence-corrected chi connectivity index (χ1v) is 17.9. The van der Waals surface area contributed by atoms with Crippen LogP contribution in [0.2, 0.25) is 0 Å². The molecule has 0 heterocycles. The van der Waals surface area contributed by atoms with Crippen LogP contribution in [-0.4, -0.2) is 11.9 Å². The van der Waals surface area contributed by atoms with Gasteiger partial charge in [0.15, 0.2) is 0 Å². The van der Waals surface area contributed by atoms with Crippen molar-refractivity contribution >= 4 is 11.9 Å². The maximum absolute atomic E-state index is 11.8. The highest BCUT2D eigenvalue weighted by atomic mass is 16.8. The minimum atomic E-state index is -0.353. The predicted molar refractivity (Wildman–Crippen MR) is 177 cm³/mol. The lowest BCUT2D eigenvalue weighted by molar-refractivity contribution is -0.177. The molecule has 6 heteroatoms. The first-order chi connectivity index (χ1) is 20.7. The Morgan fingerprint density at radius 1 is 0.405 bits per heavy atom. The third kappa shape index (κ3) is 34.5. The van der Waals surface area contributed by atoms with Gasteiger partial charge in [-0.1, -0.05) is 152 Å². The molecule has 0 aliphatic heterocycles. The van der Waals surface area contributed by atoms with E-state index in [2.05, 4.69) is 49.3 Å². The van der Waals surface area contributed by atoms with E-state index < -0.39 is 0 Å². The zero-order valence-corrected chi connectivity index (χ0v) is 27.7. The first kappa shape index (κ1) is 40.3. The number of hydrazine groups is 1. The second kappa shape index (κ2) is 35.5. The topological polar surface area (TPSA) is 76.7 Å². The average molecular weight is 593 g/mol. The summed E-state index contributed by atoms with van der Waals surface area (Å²) in [6.07, 6.45) is 41.8. The Bertz CT molecular complexity index is 582. The van der Waals surface area contributed by atoms with Gasteiger partial charge in [-0.2, -0.15) is 0 Å². The summed E-state index contributed by atoms with van der Waals surface area (Å²) in [6.45, 7) is 4.52. The Labute approximate surface area is 260 Å². The highest BCUT2D eigenvalue weighted by Gasteiger charge is 2.05. The molecular formula is C36H68N2O4. The van der Waals surface area contributed by atoms with Crippen LogP contribution in [0.3, 0.4) is 0 Å². The molecule has 0 unspecified atom stereocenters. The summed E-state index contributed by atoms with van der Waals surface area (Å²) in [6, 6.07) is 0. The summed E-state index contributed by atoms with van der Waals surface area (Å²) in [5.41, 5.74) is 4.43.